The number of imide groups is 1. The van der Waals surface area contributed by atoms with E-state index in [-0.39, 0.29) is 11.8 Å². The lowest BCUT2D eigenvalue weighted by Crippen LogP contribution is -2.34. The minimum atomic E-state index is -0.136. The molecule has 0 spiro atoms. The standard InChI is InChI=1S/C16H31NO2/c1-4-5-6-7-8-9-10-11-12-13-14-17(15(2)18)16(3)19/h4-14H2,1-3H3. The summed E-state index contributed by atoms with van der Waals surface area (Å²) in [7, 11) is 0. The number of rotatable bonds is 11. The van der Waals surface area contributed by atoms with Crippen LogP contribution in [0.15, 0.2) is 0 Å². The number of hydrogen-bond donors (Lipinski definition) is 0. The molecule has 19 heavy (non-hydrogen) atoms. The highest BCUT2D eigenvalue weighted by molar-refractivity contribution is 5.92. The van der Waals surface area contributed by atoms with Crippen LogP contribution in [-0.4, -0.2) is 23.3 Å². The van der Waals surface area contributed by atoms with Gasteiger partial charge in [-0.2, -0.15) is 0 Å². The first-order valence-electron chi connectivity index (χ1n) is 7.88. The van der Waals surface area contributed by atoms with Gasteiger partial charge in [-0.05, 0) is 6.42 Å². The molecule has 3 heteroatoms. The maximum Gasteiger partial charge on any atom is 0.226 e. The molecule has 0 N–H and O–H groups in total. The summed E-state index contributed by atoms with van der Waals surface area (Å²) in [5, 5.41) is 0. The van der Waals surface area contributed by atoms with Crippen molar-refractivity contribution in [3.8, 4) is 0 Å². The molecular weight excluding hydrogens is 238 g/mol. The van der Waals surface area contributed by atoms with Gasteiger partial charge < -0.3 is 0 Å². The zero-order valence-corrected chi connectivity index (χ0v) is 13.0. The molecule has 0 aliphatic rings. The zero-order valence-electron chi connectivity index (χ0n) is 13.0. The highest BCUT2D eigenvalue weighted by atomic mass is 16.2. The molecule has 0 saturated heterocycles. The minimum absolute atomic E-state index is 0.136. The van der Waals surface area contributed by atoms with E-state index < -0.39 is 0 Å². The molecule has 0 saturated carbocycles. The molecule has 0 unspecified atom stereocenters. The molecule has 0 heterocycles. The van der Waals surface area contributed by atoms with Gasteiger partial charge in [-0.25, -0.2) is 0 Å². The van der Waals surface area contributed by atoms with Crippen molar-refractivity contribution in [1.82, 2.24) is 4.90 Å². The average molecular weight is 269 g/mol. The second kappa shape index (κ2) is 12.2. The Morgan fingerprint density at radius 3 is 1.42 bits per heavy atom. The van der Waals surface area contributed by atoms with Crippen LogP contribution in [0.5, 0.6) is 0 Å². The van der Waals surface area contributed by atoms with E-state index in [1.807, 2.05) is 0 Å². The third-order valence-electron chi connectivity index (χ3n) is 3.50. The molecule has 0 aromatic carbocycles. The van der Waals surface area contributed by atoms with Gasteiger partial charge in [0.2, 0.25) is 11.8 Å². The van der Waals surface area contributed by atoms with Crippen LogP contribution in [0.2, 0.25) is 0 Å². The Bertz CT molecular complexity index is 237. The first kappa shape index (κ1) is 18.1. The molecule has 0 rings (SSSR count). The summed E-state index contributed by atoms with van der Waals surface area (Å²) in [4.78, 5) is 23.7. The van der Waals surface area contributed by atoms with Crippen LogP contribution >= 0.6 is 0 Å². The van der Waals surface area contributed by atoms with E-state index in [4.69, 9.17) is 0 Å². The molecule has 0 aromatic heterocycles. The van der Waals surface area contributed by atoms with E-state index >= 15 is 0 Å². The summed E-state index contributed by atoms with van der Waals surface area (Å²) in [6.45, 7) is 5.74. The number of hydrogen-bond acceptors (Lipinski definition) is 2. The lowest BCUT2D eigenvalue weighted by Gasteiger charge is -2.16. The predicted octanol–water partition coefficient (Wildman–Crippen LogP) is 4.30. The fourth-order valence-electron chi connectivity index (χ4n) is 2.29. The summed E-state index contributed by atoms with van der Waals surface area (Å²) in [5.41, 5.74) is 0. The summed E-state index contributed by atoms with van der Waals surface area (Å²) >= 11 is 0. The largest absolute Gasteiger partial charge is 0.283 e. The Hall–Kier alpha value is -0.860. The van der Waals surface area contributed by atoms with Crippen molar-refractivity contribution in [2.24, 2.45) is 0 Å². The molecule has 0 aliphatic carbocycles. The Kier molecular flexibility index (Phi) is 11.6. The first-order valence-corrected chi connectivity index (χ1v) is 7.88. The van der Waals surface area contributed by atoms with E-state index in [0.717, 1.165) is 12.8 Å². The molecule has 2 amide bonds. The second-order valence-electron chi connectivity index (χ2n) is 5.37. The average Bonchev–Trinajstić information content (AvgIpc) is 2.35. The van der Waals surface area contributed by atoms with Gasteiger partial charge in [0.15, 0.2) is 0 Å². The Morgan fingerprint density at radius 2 is 1.05 bits per heavy atom. The fourth-order valence-corrected chi connectivity index (χ4v) is 2.29. The zero-order chi connectivity index (χ0) is 14.5. The normalized spacial score (nSPS) is 10.5. The van der Waals surface area contributed by atoms with Crippen molar-refractivity contribution in [3.63, 3.8) is 0 Å². The van der Waals surface area contributed by atoms with Crippen molar-refractivity contribution in [2.45, 2.75) is 85.0 Å². The SMILES string of the molecule is CCCCCCCCCCCCN(C(C)=O)C(C)=O. The monoisotopic (exact) mass is 269 g/mol. The first-order chi connectivity index (χ1) is 9.09. The van der Waals surface area contributed by atoms with Gasteiger partial charge in [0, 0.05) is 20.4 Å². The van der Waals surface area contributed by atoms with Crippen LogP contribution in [0.1, 0.15) is 85.0 Å². The molecule has 0 aromatic rings. The lowest BCUT2D eigenvalue weighted by atomic mass is 10.1. The highest BCUT2D eigenvalue weighted by Gasteiger charge is 2.11. The van der Waals surface area contributed by atoms with Crippen molar-refractivity contribution in [1.29, 1.82) is 0 Å². The predicted molar refractivity (Wildman–Crippen MR) is 79.9 cm³/mol. The number of carbonyl (C=O) groups excluding carboxylic acids is 2. The molecule has 0 atom stereocenters. The number of unbranched alkanes of at least 4 members (excludes halogenated alkanes) is 9. The van der Waals surface area contributed by atoms with Gasteiger partial charge in [0.05, 0.1) is 0 Å². The van der Waals surface area contributed by atoms with Crippen LogP contribution in [0.4, 0.5) is 0 Å². The number of amides is 2. The quantitative estimate of drug-likeness (QED) is 0.524. The molecule has 0 radical (unpaired) electrons. The lowest BCUT2D eigenvalue weighted by molar-refractivity contribution is -0.142. The van der Waals surface area contributed by atoms with Gasteiger partial charge in [0.1, 0.15) is 0 Å². The molecule has 0 bridgehead atoms. The van der Waals surface area contributed by atoms with E-state index in [1.54, 1.807) is 0 Å². The Labute approximate surface area is 118 Å². The van der Waals surface area contributed by atoms with Crippen LogP contribution in [0.25, 0.3) is 0 Å². The molecular formula is C16H31NO2. The topological polar surface area (TPSA) is 37.4 Å². The van der Waals surface area contributed by atoms with Crippen LogP contribution < -0.4 is 0 Å². The van der Waals surface area contributed by atoms with Crippen LogP contribution in [0, 0.1) is 0 Å². The summed E-state index contributed by atoms with van der Waals surface area (Å²) < 4.78 is 0. The van der Waals surface area contributed by atoms with Crippen molar-refractivity contribution in [3.05, 3.63) is 0 Å². The van der Waals surface area contributed by atoms with Crippen LogP contribution in [-0.2, 0) is 9.59 Å². The van der Waals surface area contributed by atoms with Gasteiger partial charge >= 0.3 is 0 Å². The maximum atomic E-state index is 11.2. The summed E-state index contributed by atoms with van der Waals surface area (Å²) in [5.74, 6) is -0.271. The van der Waals surface area contributed by atoms with Crippen LogP contribution in [0.3, 0.4) is 0 Å². The summed E-state index contributed by atoms with van der Waals surface area (Å²) in [6, 6.07) is 0. The van der Waals surface area contributed by atoms with Gasteiger partial charge in [-0.3, -0.25) is 14.5 Å². The molecule has 0 aliphatic heterocycles. The van der Waals surface area contributed by atoms with E-state index in [1.165, 1.54) is 70.1 Å². The molecule has 0 fully saturated rings. The number of nitrogens with zero attached hydrogens (tertiary/aromatic N) is 1. The van der Waals surface area contributed by atoms with Gasteiger partial charge in [-0.15, -0.1) is 0 Å². The van der Waals surface area contributed by atoms with Gasteiger partial charge in [-0.1, -0.05) is 64.7 Å². The Balaban J connectivity index is 3.35. The van der Waals surface area contributed by atoms with E-state index in [9.17, 15) is 9.59 Å². The second-order valence-corrected chi connectivity index (χ2v) is 5.37. The van der Waals surface area contributed by atoms with E-state index in [2.05, 4.69) is 6.92 Å². The van der Waals surface area contributed by atoms with Crippen molar-refractivity contribution < 1.29 is 9.59 Å². The van der Waals surface area contributed by atoms with Gasteiger partial charge in [0.25, 0.3) is 0 Å². The van der Waals surface area contributed by atoms with Crippen molar-refractivity contribution in [2.75, 3.05) is 6.54 Å². The summed E-state index contributed by atoms with van der Waals surface area (Å²) in [6.07, 6.45) is 12.7. The van der Waals surface area contributed by atoms with Crippen molar-refractivity contribution >= 4 is 11.8 Å². The fraction of sp³-hybridized carbons (Fsp3) is 0.875. The molecule has 112 valence electrons. The molecule has 3 nitrogen and oxygen atoms in total. The third-order valence-corrected chi connectivity index (χ3v) is 3.50. The Morgan fingerprint density at radius 1 is 0.684 bits per heavy atom. The smallest absolute Gasteiger partial charge is 0.226 e. The number of carbonyl (C=O) groups is 2. The van der Waals surface area contributed by atoms with E-state index in [0.29, 0.717) is 6.54 Å². The minimum Gasteiger partial charge on any atom is -0.283 e. The third kappa shape index (κ3) is 10.7. The maximum absolute atomic E-state index is 11.2. The highest BCUT2D eigenvalue weighted by Crippen LogP contribution is 2.10.